The van der Waals surface area contributed by atoms with Gasteiger partial charge in [-0.1, -0.05) is 26.7 Å². The summed E-state index contributed by atoms with van der Waals surface area (Å²) in [5.41, 5.74) is 0.487. The number of carbonyl (C=O) groups is 2. The first-order valence-electron chi connectivity index (χ1n) is 9.20. The molecule has 3 atom stereocenters. The fraction of sp³-hybridized carbons (Fsp3) is 0.579. The van der Waals surface area contributed by atoms with Gasteiger partial charge >= 0.3 is 0 Å². The van der Waals surface area contributed by atoms with Gasteiger partial charge in [0, 0.05) is 36.7 Å². The number of rotatable bonds is 7. The number of hydrogen-bond acceptors (Lipinski definition) is 4. The maximum Gasteiger partial charge on any atom is 0.269 e. The Morgan fingerprint density at radius 3 is 2.42 bits per heavy atom. The molecule has 1 aromatic rings. The summed E-state index contributed by atoms with van der Waals surface area (Å²) in [5, 5.41) is 16.4. The summed E-state index contributed by atoms with van der Waals surface area (Å²) < 4.78 is 0. The van der Waals surface area contributed by atoms with Gasteiger partial charge in [-0.25, -0.2) is 0 Å². The zero-order valence-corrected chi connectivity index (χ0v) is 15.4. The second kappa shape index (κ2) is 9.31. The molecule has 26 heavy (non-hydrogen) atoms. The lowest BCUT2D eigenvalue weighted by Crippen LogP contribution is -2.43. The lowest BCUT2D eigenvalue weighted by atomic mass is 9.78. The third kappa shape index (κ3) is 5.82. The van der Waals surface area contributed by atoms with Gasteiger partial charge in [0.15, 0.2) is 0 Å². The first-order chi connectivity index (χ1) is 12.4. The Balaban J connectivity index is 1.69. The lowest BCUT2D eigenvalue weighted by molar-refractivity contribution is -0.384. The molecule has 0 saturated heterocycles. The fourth-order valence-corrected chi connectivity index (χ4v) is 3.36. The maximum absolute atomic E-state index is 12.1. The molecule has 1 saturated carbocycles. The molecule has 0 unspecified atom stereocenters. The maximum atomic E-state index is 12.1. The number of non-ortho nitro benzene ring substituents is 1. The summed E-state index contributed by atoms with van der Waals surface area (Å²) in [4.78, 5) is 34.1. The highest BCUT2D eigenvalue weighted by Gasteiger charge is 2.27. The van der Waals surface area contributed by atoms with Crippen LogP contribution in [-0.2, 0) is 9.59 Å². The van der Waals surface area contributed by atoms with Crippen molar-refractivity contribution in [2.75, 3.05) is 5.32 Å². The molecular weight excluding hydrogens is 334 g/mol. The fourth-order valence-electron chi connectivity index (χ4n) is 3.36. The average molecular weight is 361 g/mol. The van der Waals surface area contributed by atoms with Crippen LogP contribution in [0, 0.1) is 22.0 Å². The zero-order chi connectivity index (χ0) is 19.1. The predicted molar refractivity (Wildman–Crippen MR) is 99.7 cm³/mol. The van der Waals surface area contributed by atoms with Gasteiger partial charge in [-0.3, -0.25) is 19.7 Å². The lowest BCUT2D eigenvalue weighted by Gasteiger charge is -2.34. The Kier molecular flexibility index (Phi) is 7.12. The van der Waals surface area contributed by atoms with Crippen LogP contribution in [0.5, 0.6) is 0 Å². The molecule has 1 aliphatic carbocycles. The smallest absolute Gasteiger partial charge is 0.269 e. The molecule has 142 valence electrons. The van der Waals surface area contributed by atoms with Crippen LogP contribution in [0.3, 0.4) is 0 Å². The highest BCUT2D eigenvalue weighted by Crippen LogP contribution is 2.29. The Labute approximate surface area is 153 Å². The van der Waals surface area contributed by atoms with Crippen LogP contribution < -0.4 is 10.6 Å². The topological polar surface area (TPSA) is 101 Å². The molecule has 7 heteroatoms. The second-order valence-corrected chi connectivity index (χ2v) is 7.15. The minimum atomic E-state index is -0.488. The molecule has 1 fully saturated rings. The number of anilines is 1. The van der Waals surface area contributed by atoms with Crippen molar-refractivity contribution in [2.24, 2.45) is 11.8 Å². The van der Waals surface area contributed by atoms with Crippen LogP contribution in [0.4, 0.5) is 11.4 Å². The molecular formula is C19H27N3O4. The monoisotopic (exact) mass is 361 g/mol. The van der Waals surface area contributed by atoms with Gasteiger partial charge in [0.25, 0.3) is 5.69 Å². The van der Waals surface area contributed by atoms with E-state index in [4.69, 9.17) is 0 Å². The van der Waals surface area contributed by atoms with E-state index in [-0.39, 0.29) is 30.0 Å². The minimum absolute atomic E-state index is 0.000846. The van der Waals surface area contributed by atoms with E-state index in [2.05, 4.69) is 24.5 Å². The molecule has 0 aliphatic heterocycles. The third-order valence-electron chi connectivity index (χ3n) is 5.22. The van der Waals surface area contributed by atoms with Gasteiger partial charge in [0.1, 0.15) is 0 Å². The van der Waals surface area contributed by atoms with Crippen molar-refractivity contribution in [1.29, 1.82) is 0 Å². The number of amides is 2. The van der Waals surface area contributed by atoms with E-state index in [9.17, 15) is 19.7 Å². The van der Waals surface area contributed by atoms with E-state index in [0.717, 1.165) is 12.8 Å². The van der Waals surface area contributed by atoms with Crippen LogP contribution in [0.2, 0.25) is 0 Å². The average Bonchev–Trinajstić information content (AvgIpc) is 2.59. The summed E-state index contributed by atoms with van der Waals surface area (Å²) >= 11 is 0. The van der Waals surface area contributed by atoms with Crippen molar-refractivity contribution in [3.63, 3.8) is 0 Å². The number of nitrogens with zero attached hydrogens (tertiary/aromatic N) is 1. The van der Waals surface area contributed by atoms with E-state index in [0.29, 0.717) is 30.4 Å². The number of benzene rings is 1. The van der Waals surface area contributed by atoms with Gasteiger partial charge in [-0.2, -0.15) is 0 Å². The first kappa shape index (κ1) is 19.9. The third-order valence-corrected chi connectivity index (χ3v) is 5.22. The number of carbonyl (C=O) groups excluding carboxylic acids is 2. The first-order valence-corrected chi connectivity index (χ1v) is 9.20. The molecule has 2 N–H and O–H groups in total. The SMILES string of the molecule is C[C@@H]1[C@@H](C)CCC[C@H]1NC(=O)CCCC(=O)Nc1ccc([N+](=O)[O-])cc1. The van der Waals surface area contributed by atoms with Crippen molar-refractivity contribution in [1.82, 2.24) is 5.32 Å². The number of nitrogens with one attached hydrogen (secondary N) is 2. The highest BCUT2D eigenvalue weighted by molar-refractivity contribution is 5.91. The molecule has 2 amide bonds. The van der Waals surface area contributed by atoms with E-state index >= 15 is 0 Å². The van der Waals surface area contributed by atoms with Crippen molar-refractivity contribution in [3.8, 4) is 0 Å². The van der Waals surface area contributed by atoms with Gasteiger partial charge in [0.2, 0.25) is 11.8 Å². The van der Waals surface area contributed by atoms with Crippen molar-refractivity contribution >= 4 is 23.2 Å². The van der Waals surface area contributed by atoms with Crippen LogP contribution in [0.1, 0.15) is 52.4 Å². The van der Waals surface area contributed by atoms with Crippen LogP contribution in [0.25, 0.3) is 0 Å². The largest absolute Gasteiger partial charge is 0.353 e. The summed E-state index contributed by atoms with van der Waals surface area (Å²) in [5.74, 6) is 0.907. The van der Waals surface area contributed by atoms with E-state index < -0.39 is 4.92 Å². The van der Waals surface area contributed by atoms with Crippen LogP contribution in [0.15, 0.2) is 24.3 Å². The van der Waals surface area contributed by atoms with Crippen molar-refractivity contribution < 1.29 is 14.5 Å². The zero-order valence-electron chi connectivity index (χ0n) is 15.4. The molecule has 1 aliphatic rings. The standard InChI is InChI=1S/C19H27N3O4/c1-13-5-3-6-17(14(13)2)21-19(24)8-4-7-18(23)20-15-9-11-16(12-10-15)22(25)26/h9-14,17H,3-8H2,1-2H3,(H,20,23)(H,21,24)/t13-,14+,17+/m0/s1. The van der Waals surface area contributed by atoms with E-state index in [1.807, 2.05) is 0 Å². The van der Waals surface area contributed by atoms with Gasteiger partial charge < -0.3 is 10.6 Å². The van der Waals surface area contributed by atoms with Gasteiger partial charge in [-0.15, -0.1) is 0 Å². The Morgan fingerprint density at radius 2 is 1.77 bits per heavy atom. The molecule has 0 bridgehead atoms. The van der Waals surface area contributed by atoms with E-state index in [1.165, 1.54) is 30.7 Å². The summed E-state index contributed by atoms with van der Waals surface area (Å²) in [7, 11) is 0. The quantitative estimate of drug-likeness (QED) is 0.572. The minimum Gasteiger partial charge on any atom is -0.353 e. The van der Waals surface area contributed by atoms with Gasteiger partial charge in [-0.05, 0) is 36.8 Å². The molecule has 0 heterocycles. The Bertz CT molecular complexity index is 645. The molecule has 7 nitrogen and oxygen atoms in total. The second-order valence-electron chi connectivity index (χ2n) is 7.15. The van der Waals surface area contributed by atoms with E-state index in [1.54, 1.807) is 0 Å². The van der Waals surface area contributed by atoms with Crippen LogP contribution >= 0.6 is 0 Å². The summed E-state index contributed by atoms with van der Waals surface area (Å²) in [6.07, 6.45) is 4.43. The summed E-state index contributed by atoms with van der Waals surface area (Å²) in [6, 6.07) is 5.91. The molecule has 2 rings (SSSR count). The van der Waals surface area contributed by atoms with Crippen LogP contribution in [-0.4, -0.2) is 22.8 Å². The summed E-state index contributed by atoms with van der Waals surface area (Å²) in [6.45, 7) is 4.41. The van der Waals surface area contributed by atoms with Crippen molar-refractivity contribution in [2.45, 2.75) is 58.4 Å². The molecule has 0 aromatic heterocycles. The number of hydrogen-bond donors (Lipinski definition) is 2. The molecule has 1 aromatic carbocycles. The number of nitro groups is 1. The normalized spacial score (nSPS) is 22.5. The number of nitro benzene ring substituents is 1. The Morgan fingerprint density at radius 1 is 1.12 bits per heavy atom. The van der Waals surface area contributed by atoms with Gasteiger partial charge in [0.05, 0.1) is 4.92 Å². The predicted octanol–water partition coefficient (Wildman–Crippen LogP) is 3.64. The highest BCUT2D eigenvalue weighted by atomic mass is 16.6. The van der Waals surface area contributed by atoms with Crippen molar-refractivity contribution in [3.05, 3.63) is 34.4 Å². The molecule has 0 spiro atoms. The molecule has 0 radical (unpaired) electrons. The Hall–Kier alpha value is -2.44.